The second-order valence-electron chi connectivity index (χ2n) is 7.45. The van der Waals surface area contributed by atoms with Crippen molar-refractivity contribution in [2.45, 2.75) is 0 Å². The van der Waals surface area contributed by atoms with Gasteiger partial charge in [-0.05, 0) is 42.5 Å². The zero-order valence-electron chi connectivity index (χ0n) is 17.0. The molecule has 0 radical (unpaired) electrons. The normalized spacial score (nSPS) is 14.7. The number of aromatic nitrogens is 2. The van der Waals surface area contributed by atoms with Crippen LogP contribution in [0, 0.1) is 0 Å². The van der Waals surface area contributed by atoms with Crippen LogP contribution in [0.25, 0.3) is 33.9 Å². The van der Waals surface area contributed by atoms with E-state index in [1.165, 1.54) is 4.90 Å². The summed E-state index contributed by atoms with van der Waals surface area (Å²) in [6.45, 7) is 5.03. The monoisotopic (exact) mass is 419 g/mol. The number of hydrogen-bond donors (Lipinski definition) is 2. The SMILES string of the molecule is O=C(NCC[NH+]1CCOCC1)c1ccc2nc(-c3ccco3)c(-c3ccco3)nc2c1. The average Bonchev–Trinajstić information content (AvgIpc) is 3.53. The molecule has 1 aliphatic rings. The Hall–Kier alpha value is -3.49. The summed E-state index contributed by atoms with van der Waals surface area (Å²) in [6.07, 6.45) is 3.19. The molecule has 2 N–H and O–H groups in total. The van der Waals surface area contributed by atoms with E-state index in [0.717, 1.165) is 32.8 Å². The Morgan fingerprint density at radius 1 is 0.935 bits per heavy atom. The van der Waals surface area contributed by atoms with E-state index in [1.54, 1.807) is 36.8 Å². The summed E-state index contributed by atoms with van der Waals surface area (Å²) >= 11 is 0. The number of hydrogen-bond acceptors (Lipinski definition) is 6. The Morgan fingerprint density at radius 2 is 1.61 bits per heavy atom. The molecule has 0 saturated carbocycles. The van der Waals surface area contributed by atoms with Crippen molar-refractivity contribution in [2.24, 2.45) is 0 Å². The maximum absolute atomic E-state index is 12.7. The lowest BCUT2D eigenvalue weighted by Crippen LogP contribution is -3.14. The van der Waals surface area contributed by atoms with Crippen molar-refractivity contribution in [1.82, 2.24) is 15.3 Å². The van der Waals surface area contributed by atoms with E-state index in [9.17, 15) is 4.79 Å². The van der Waals surface area contributed by atoms with Crippen LogP contribution in [-0.2, 0) is 4.74 Å². The van der Waals surface area contributed by atoms with Crippen LogP contribution in [0.1, 0.15) is 10.4 Å². The molecule has 0 aliphatic carbocycles. The lowest BCUT2D eigenvalue weighted by atomic mass is 10.1. The summed E-state index contributed by atoms with van der Waals surface area (Å²) in [7, 11) is 0. The van der Waals surface area contributed by atoms with Crippen LogP contribution in [0.5, 0.6) is 0 Å². The lowest BCUT2D eigenvalue weighted by molar-refractivity contribution is -0.906. The third-order valence-corrected chi connectivity index (χ3v) is 5.40. The molecular weight excluding hydrogens is 396 g/mol. The second kappa shape index (κ2) is 8.71. The highest BCUT2D eigenvalue weighted by molar-refractivity contribution is 5.97. The molecule has 3 aromatic heterocycles. The van der Waals surface area contributed by atoms with Crippen molar-refractivity contribution in [3.05, 3.63) is 60.6 Å². The predicted molar refractivity (Wildman–Crippen MR) is 114 cm³/mol. The molecule has 0 spiro atoms. The summed E-state index contributed by atoms with van der Waals surface area (Å²) in [4.78, 5) is 23.6. The fourth-order valence-corrected chi connectivity index (χ4v) is 3.73. The number of rotatable bonds is 6. The highest BCUT2D eigenvalue weighted by Crippen LogP contribution is 2.31. The van der Waals surface area contributed by atoms with Gasteiger partial charge in [0.1, 0.15) is 24.5 Å². The van der Waals surface area contributed by atoms with Crippen LogP contribution < -0.4 is 10.2 Å². The Labute approximate surface area is 178 Å². The number of quaternary nitrogens is 1. The summed E-state index contributed by atoms with van der Waals surface area (Å²) in [5, 5.41) is 3.00. The van der Waals surface area contributed by atoms with Gasteiger partial charge in [0.15, 0.2) is 11.5 Å². The van der Waals surface area contributed by atoms with Gasteiger partial charge in [-0.25, -0.2) is 9.97 Å². The molecule has 4 aromatic rings. The fraction of sp³-hybridized carbons (Fsp3) is 0.261. The van der Waals surface area contributed by atoms with E-state index in [2.05, 4.69) is 5.32 Å². The number of fused-ring (bicyclic) bond motifs is 1. The number of carbonyl (C=O) groups is 1. The van der Waals surface area contributed by atoms with Gasteiger partial charge in [-0.15, -0.1) is 0 Å². The van der Waals surface area contributed by atoms with Crippen molar-refractivity contribution in [3.63, 3.8) is 0 Å². The van der Waals surface area contributed by atoms with E-state index in [0.29, 0.717) is 46.0 Å². The first-order valence-electron chi connectivity index (χ1n) is 10.4. The number of nitrogens with zero attached hydrogens (tertiary/aromatic N) is 2. The Bertz CT molecular complexity index is 1170. The molecule has 0 unspecified atom stereocenters. The number of furan rings is 2. The van der Waals surface area contributed by atoms with Crippen LogP contribution in [0.2, 0.25) is 0 Å². The Balaban J connectivity index is 1.40. The highest BCUT2D eigenvalue weighted by Gasteiger charge is 2.18. The number of amides is 1. The van der Waals surface area contributed by atoms with Gasteiger partial charge in [0.2, 0.25) is 0 Å². The first-order valence-corrected chi connectivity index (χ1v) is 10.4. The van der Waals surface area contributed by atoms with Crippen molar-refractivity contribution >= 4 is 16.9 Å². The minimum atomic E-state index is -0.119. The van der Waals surface area contributed by atoms with Crippen LogP contribution in [-0.4, -0.2) is 55.3 Å². The Kier molecular flexibility index (Phi) is 5.47. The largest absolute Gasteiger partial charge is 0.463 e. The molecule has 1 amide bonds. The van der Waals surface area contributed by atoms with E-state index < -0.39 is 0 Å². The van der Waals surface area contributed by atoms with Crippen molar-refractivity contribution in [2.75, 3.05) is 39.4 Å². The minimum absolute atomic E-state index is 0.119. The molecule has 0 bridgehead atoms. The number of carbonyl (C=O) groups excluding carboxylic acids is 1. The lowest BCUT2D eigenvalue weighted by Gasteiger charge is -2.23. The molecule has 31 heavy (non-hydrogen) atoms. The maximum Gasteiger partial charge on any atom is 0.251 e. The molecule has 1 aliphatic heterocycles. The topological polar surface area (TPSA) is 94.8 Å². The maximum atomic E-state index is 12.7. The summed E-state index contributed by atoms with van der Waals surface area (Å²) in [6, 6.07) is 12.6. The van der Waals surface area contributed by atoms with Crippen LogP contribution in [0.3, 0.4) is 0 Å². The van der Waals surface area contributed by atoms with Crippen LogP contribution in [0.15, 0.2) is 63.8 Å². The minimum Gasteiger partial charge on any atom is -0.463 e. The summed E-state index contributed by atoms with van der Waals surface area (Å²) < 4.78 is 16.5. The molecule has 8 heteroatoms. The average molecular weight is 419 g/mol. The van der Waals surface area contributed by atoms with E-state index in [1.807, 2.05) is 18.2 Å². The van der Waals surface area contributed by atoms with Gasteiger partial charge in [-0.3, -0.25) is 4.79 Å². The molecule has 1 fully saturated rings. The van der Waals surface area contributed by atoms with Crippen molar-refractivity contribution < 1.29 is 23.3 Å². The summed E-state index contributed by atoms with van der Waals surface area (Å²) in [5.41, 5.74) is 3.01. The molecule has 1 aromatic carbocycles. The van der Waals surface area contributed by atoms with Gasteiger partial charge in [-0.1, -0.05) is 0 Å². The standard InChI is InChI=1S/C23H22N4O4/c28-23(24-7-8-27-9-13-29-14-10-27)16-5-6-17-18(15-16)26-22(20-4-2-12-31-20)21(25-17)19-3-1-11-30-19/h1-6,11-12,15H,7-10,13-14H2,(H,24,28)/p+1. The van der Waals surface area contributed by atoms with E-state index in [4.69, 9.17) is 23.5 Å². The van der Waals surface area contributed by atoms with Crippen LogP contribution >= 0.6 is 0 Å². The van der Waals surface area contributed by atoms with Crippen molar-refractivity contribution in [1.29, 1.82) is 0 Å². The van der Waals surface area contributed by atoms with Gasteiger partial charge in [-0.2, -0.15) is 0 Å². The number of nitrogens with one attached hydrogen (secondary N) is 2. The molecule has 158 valence electrons. The quantitative estimate of drug-likeness (QED) is 0.495. The van der Waals surface area contributed by atoms with E-state index in [-0.39, 0.29) is 5.91 Å². The third-order valence-electron chi connectivity index (χ3n) is 5.40. The van der Waals surface area contributed by atoms with Gasteiger partial charge >= 0.3 is 0 Å². The third kappa shape index (κ3) is 4.21. The molecule has 4 heterocycles. The van der Waals surface area contributed by atoms with E-state index >= 15 is 0 Å². The van der Waals surface area contributed by atoms with Gasteiger partial charge in [0.25, 0.3) is 5.91 Å². The number of morpholine rings is 1. The number of ether oxygens (including phenoxy) is 1. The zero-order valence-corrected chi connectivity index (χ0v) is 17.0. The zero-order chi connectivity index (χ0) is 21.0. The van der Waals surface area contributed by atoms with Crippen molar-refractivity contribution in [3.8, 4) is 22.9 Å². The predicted octanol–water partition coefficient (Wildman–Crippen LogP) is 1.79. The highest BCUT2D eigenvalue weighted by atomic mass is 16.5. The summed E-state index contributed by atoms with van der Waals surface area (Å²) in [5.74, 6) is 1.07. The molecule has 0 atom stereocenters. The Morgan fingerprint density at radius 3 is 2.26 bits per heavy atom. The molecule has 1 saturated heterocycles. The smallest absolute Gasteiger partial charge is 0.251 e. The fourth-order valence-electron chi connectivity index (χ4n) is 3.73. The molecule has 5 rings (SSSR count). The molecule has 8 nitrogen and oxygen atoms in total. The van der Waals surface area contributed by atoms with Crippen LogP contribution in [0.4, 0.5) is 0 Å². The van der Waals surface area contributed by atoms with Gasteiger partial charge < -0.3 is 23.8 Å². The first-order chi connectivity index (χ1) is 15.3. The number of benzene rings is 1. The second-order valence-corrected chi connectivity index (χ2v) is 7.45. The first kappa shape index (κ1) is 19.5. The van der Waals surface area contributed by atoms with Gasteiger partial charge in [0.05, 0.1) is 49.9 Å². The van der Waals surface area contributed by atoms with Gasteiger partial charge in [0, 0.05) is 5.56 Å². The molecular formula is C23H23N4O4+.